The molecule has 0 aliphatic rings. The molecule has 0 saturated carbocycles. The van der Waals surface area contributed by atoms with Gasteiger partial charge in [-0.1, -0.05) is 60.7 Å². The van der Waals surface area contributed by atoms with Gasteiger partial charge in [0, 0.05) is 27.8 Å². The molecular weight excluding hydrogens is 504 g/mol. The van der Waals surface area contributed by atoms with E-state index in [2.05, 4.69) is 105 Å². The highest BCUT2D eigenvalue weighted by Crippen LogP contribution is 2.45. The Hall–Kier alpha value is -5.62. The van der Waals surface area contributed by atoms with Gasteiger partial charge in [0.05, 0.1) is 45.0 Å². The van der Waals surface area contributed by atoms with Crippen LogP contribution < -0.4 is 0 Å². The maximum atomic E-state index is 5.22. The van der Waals surface area contributed by atoms with Crippen molar-refractivity contribution < 1.29 is 0 Å². The number of fused-ring (bicyclic) bond motifs is 7. The summed E-state index contributed by atoms with van der Waals surface area (Å²) in [6.45, 7) is 5.64. The van der Waals surface area contributed by atoms with Gasteiger partial charge in [0.1, 0.15) is 11.2 Å². The summed E-state index contributed by atoms with van der Waals surface area (Å²) >= 11 is 0. The van der Waals surface area contributed by atoms with Crippen LogP contribution in [-0.2, 0) is 0 Å². The SMILES string of the molecule is C=Nc1ccc2ncc(-n3c4ccc5cccc6c7ccccc7n7c8ccccc8c3c7c4c56)nc2c1N=CC. The van der Waals surface area contributed by atoms with Crippen LogP contribution in [0.3, 0.4) is 0 Å². The lowest BCUT2D eigenvalue weighted by Gasteiger charge is -2.10. The summed E-state index contributed by atoms with van der Waals surface area (Å²) < 4.78 is 4.70. The molecule has 0 unspecified atom stereocenters. The number of aliphatic imine (C=N–C) groups is 2. The molecule has 6 nitrogen and oxygen atoms in total. The second-order valence-corrected chi connectivity index (χ2v) is 10.3. The summed E-state index contributed by atoms with van der Waals surface area (Å²) in [5.74, 6) is 0.736. The molecule has 0 radical (unpaired) electrons. The largest absolute Gasteiger partial charge is 0.306 e. The van der Waals surface area contributed by atoms with Gasteiger partial charge >= 0.3 is 0 Å². The van der Waals surface area contributed by atoms with E-state index in [0.717, 1.165) is 33.3 Å². The van der Waals surface area contributed by atoms with Crippen molar-refractivity contribution in [2.24, 2.45) is 9.98 Å². The Kier molecular flexibility index (Phi) is 4.31. The second-order valence-electron chi connectivity index (χ2n) is 10.3. The van der Waals surface area contributed by atoms with Crippen LogP contribution in [0.1, 0.15) is 6.92 Å². The molecule has 5 aromatic carbocycles. The zero-order valence-electron chi connectivity index (χ0n) is 22.2. The molecule has 6 heteroatoms. The topological polar surface area (TPSA) is 59.8 Å². The van der Waals surface area contributed by atoms with Crippen molar-refractivity contribution in [3.8, 4) is 5.82 Å². The summed E-state index contributed by atoms with van der Waals surface area (Å²) in [4.78, 5) is 18.9. The third kappa shape index (κ3) is 2.76. The van der Waals surface area contributed by atoms with Crippen LogP contribution in [-0.4, -0.2) is 31.9 Å². The van der Waals surface area contributed by atoms with Crippen LogP contribution in [0.2, 0.25) is 0 Å². The highest BCUT2D eigenvalue weighted by molar-refractivity contribution is 6.33. The van der Waals surface area contributed by atoms with E-state index in [-0.39, 0.29) is 0 Å². The van der Waals surface area contributed by atoms with Crippen LogP contribution >= 0.6 is 0 Å². The Morgan fingerprint density at radius 3 is 2.34 bits per heavy atom. The van der Waals surface area contributed by atoms with Gasteiger partial charge in [0.25, 0.3) is 0 Å². The van der Waals surface area contributed by atoms with E-state index < -0.39 is 0 Å². The van der Waals surface area contributed by atoms with Crippen molar-refractivity contribution in [3.63, 3.8) is 0 Å². The lowest BCUT2D eigenvalue weighted by molar-refractivity contribution is 1.08. The Labute approximate surface area is 233 Å². The molecule has 192 valence electrons. The number of para-hydroxylation sites is 2. The normalized spacial score (nSPS) is 12.5. The van der Waals surface area contributed by atoms with Crippen molar-refractivity contribution in [1.29, 1.82) is 0 Å². The van der Waals surface area contributed by atoms with Crippen molar-refractivity contribution in [2.75, 3.05) is 0 Å². The minimum absolute atomic E-state index is 0.673. The van der Waals surface area contributed by atoms with Crippen molar-refractivity contribution >= 4 is 95.2 Å². The van der Waals surface area contributed by atoms with Gasteiger partial charge in [-0.25, -0.2) is 4.98 Å². The summed E-state index contributed by atoms with van der Waals surface area (Å²) in [6.07, 6.45) is 3.62. The summed E-state index contributed by atoms with van der Waals surface area (Å²) in [7, 11) is 0. The van der Waals surface area contributed by atoms with Gasteiger partial charge < -0.3 is 4.40 Å². The lowest BCUT2D eigenvalue weighted by Crippen LogP contribution is -1.99. The Bertz CT molecular complexity index is 2570. The highest BCUT2D eigenvalue weighted by Gasteiger charge is 2.25. The molecule has 41 heavy (non-hydrogen) atoms. The first-order valence-electron chi connectivity index (χ1n) is 13.6. The molecule has 0 bridgehead atoms. The second kappa shape index (κ2) is 7.96. The molecule has 0 spiro atoms. The summed E-state index contributed by atoms with van der Waals surface area (Å²) in [5, 5.41) is 7.32. The third-order valence-electron chi connectivity index (χ3n) is 8.32. The fourth-order valence-corrected chi connectivity index (χ4v) is 6.74. The standard InChI is InChI=1S/C35H22N6/c1-3-37-32-24(36-2)16-17-25-33(32)39-29(19-38-25)41-28-18-15-20-9-8-12-22-21-10-4-6-13-26(21)40-27-14-7-5-11-23(27)34(41)35(40)31(28)30(20)22/h3-19H,2H2,1H3. The van der Waals surface area contributed by atoms with E-state index in [1.165, 1.54) is 38.0 Å². The lowest BCUT2D eigenvalue weighted by atomic mass is 10.0. The molecule has 0 atom stereocenters. The van der Waals surface area contributed by atoms with E-state index in [1.807, 2.05) is 25.3 Å². The first kappa shape index (κ1) is 22.2. The molecule has 9 rings (SSSR count). The average Bonchev–Trinajstić information content (AvgIpc) is 3.49. The zero-order valence-corrected chi connectivity index (χ0v) is 22.2. The van der Waals surface area contributed by atoms with Crippen LogP contribution in [0.15, 0.2) is 107 Å². The smallest absolute Gasteiger partial charge is 0.157 e. The monoisotopic (exact) mass is 526 g/mol. The molecule has 0 saturated heterocycles. The van der Waals surface area contributed by atoms with E-state index in [1.54, 1.807) is 6.21 Å². The molecule has 0 aliphatic heterocycles. The van der Waals surface area contributed by atoms with Crippen LogP contribution in [0.25, 0.3) is 76.8 Å². The van der Waals surface area contributed by atoms with Gasteiger partial charge in [-0.05, 0) is 54.7 Å². The van der Waals surface area contributed by atoms with Crippen LogP contribution in [0.4, 0.5) is 11.4 Å². The Morgan fingerprint density at radius 1 is 0.732 bits per heavy atom. The van der Waals surface area contributed by atoms with E-state index in [0.29, 0.717) is 16.9 Å². The van der Waals surface area contributed by atoms with E-state index in [9.17, 15) is 0 Å². The van der Waals surface area contributed by atoms with Gasteiger partial charge in [0.2, 0.25) is 0 Å². The molecule has 4 heterocycles. The summed E-state index contributed by atoms with van der Waals surface area (Å²) in [5.41, 5.74) is 8.54. The summed E-state index contributed by atoms with van der Waals surface area (Å²) in [6, 6.07) is 32.2. The fourth-order valence-electron chi connectivity index (χ4n) is 6.74. The van der Waals surface area contributed by atoms with Gasteiger partial charge in [-0.15, -0.1) is 0 Å². The molecule has 4 aromatic heterocycles. The average molecular weight is 527 g/mol. The molecule has 0 amide bonds. The van der Waals surface area contributed by atoms with E-state index >= 15 is 0 Å². The van der Waals surface area contributed by atoms with E-state index in [4.69, 9.17) is 9.97 Å². The number of nitrogens with zero attached hydrogens (tertiary/aromatic N) is 6. The quantitative estimate of drug-likeness (QED) is 0.216. The molecule has 9 aromatic rings. The van der Waals surface area contributed by atoms with Gasteiger partial charge in [0.15, 0.2) is 5.82 Å². The minimum atomic E-state index is 0.673. The third-order valence-corrected chi connectivity index (χ3v) is 8.32. The van der Waals surface area contributed by atoms with Crippen molar-refractivity contribution in [3.05, 3.63) is 97.2 Å². The van der Waals surface area contributed by atoms with Crippen LogP contribution in [0, 0.1) is 0 Å². The fraction of sp³-hybridized carbons (Fsp3) is 0.0286. The maximum absolute atomic E-state index is 5.22. The Balaban J connectivity index is 1.58. The Morgan fingerprint density at radius 2 is 1.51 bits per heavy atom. The number of benzene rings is 5. The predicted octanol–water partition coefficient (Wildman–Crippen LogP) is 8.93. The first-order valence-corrected chi connectivity index (χ1v) is 13.6. The molecule has 0 N–H and O–H groups in total. The van der Waals surface area contributed by atoms with Gasteiger partial charge in [-0.3, -0.25) is 19.5 Å². The highest BCUT2D eigenvalue weighted by atomic mass is 15.1. The molecule has 0 aliphatic carbocycles. The minimum Gasteiger partial charge on any atom is -0.306 e. The maximum Gasteiger partial charge on any atom is 0.157 e. The number of aromatic nitrogens is 4. The predicted molar refractivity (Wildman–Crippen MR) is 172 cm³/mol. The first-order chi connectivity index (χ1) is 20.3. The number of hydrogen-bond donors (Lipinski definition) is 0. The number of rotatable bonds is 3. The molecule has 0 fully saturated rings. The van der Waals surface area contributed by atoms with Crippen molar-refractivity contribution in [1.82, 2.24) is 18.9 Å². The van der Waals surface area contributed by atoms with Crippen molar-refractivity contribution in [2.45, 2.75) is 6.92 Å². The zero-order chi connectivity index (χ0) is 27.2. The van der Waals surface area contributed by atoms with Gasteiger partial charge in [-0.2, -0.15) is 0 Å². The number of hydrogen-bond acceptors (Lipinski definition) is 4. The van der Waals surface area contributed by atoms with Crippen LogP contribution in [0.5, 0.6) is 0 Å². The molecular formula is C35H22N6.